The summed E-state index contributed by atoms with van der Waals surface area (Å²) in [6, 6.07) is 21.8. The summed E-state index contributed by atoms with van der Waals surface area (Å²) < 4.78 is 7.03. The zero-order valence-corrected chi connectivity index (χ0v) is 17.4. The molecule has 1 N–H and O–H groups in total. The zero-order valence-electron chi connectivity index (χ0n) is 16.6. The van der Waals surface area contributed by atoms with Crippen molar-refractivity contribution in [2.45, 2.75) is 26.9 Å². The summed E-state index contributed by atoms with van der Waals surface area (Å²) in [7, 11) is 0. The summed E-state index contributed by atoms with van der Waals surface area (Å²) in [6.07, 6.45) is -0.598. The molecule has 1 atom stereocenters. The van der Waals surface area contributed by atoms with E-state index in [-0.39, 0.29) is 5.91 Å². The summed E-state index contributed by atoms with van der Waals surface area (Å²) >= 11 is 1.66. The van der Waals surface area contributed by atoms with Gasteiger partial charge >= 0.3 is 0 Å². The van der Waals surface area contributed by atoms with E-state index in [1.54, 1.807) is 18.3 Å². The van der Waals surface area contributed by atoms with Gasteiger partial charge < -0.3 is 10.1 Å². The highest BCUT2D eigenvalue weighted by atomic mass is 32.1. The number of fused-ring (bicyclic) bond motifs is 1. The largest absolute Gasteiger partial charge is 0.481 e. The molecule has 0 aliphatic heterocycles. The van der Waals surface area contributed by atoms with E-state index >= 15 is 0 Å². The van der Waals surface area contributed by atoms with Crippen LogP contribution in [0.1, 0.15) is 18.1 Å². The quantitative estimate of drug-likeness (QED) is 0.446. The molecule has 0 saturated carbocycles. The Morgan fingerprint density at radius 2 is 1.79 bits per heavy atom. The SMILES string of the molecule is Cc1ccc(C)c(OC(C)C(=O)Nc2ccc(-c3nc4ccccc4s3)cc2)c1. The molecule has 0 bridgehead atoms. The van der Waals surface area contributed by atoms with Gasteiger partial charge in [-0.3, -0.25) is 4.79 Å². The van der Waals surface area contributed by atoms with Crippen molar-refractivity contribution in [2.24, 2.45) is 0 Å². The van der Waals surface area contributed by atoms with Crippen molar-refractivity contribution >= 4 is 33.1 Å². The van der Waals surface area contributed by atoms with Gasteiger partial charge in [0.1, 0.15) is 10.8 Å². The van der Waals surface area contributed by atoms with E-state index in [1.807, 2.05) is 74.5 Å². The van der Waals surface area contributed by atoms with Crippen LogP contribution in [-0.4, -0.2) is 17.0 Å². The minimum Gasteiger partial charge on any atom is -0.481 e. The maximum absolute atomic E-state index is 12.5. The summed E-state index contributed by atoms with van der Waals surface area (Å²) in [4.78, 5) is 17.2. The number of para-hydroxylation sites is 1. The average Bonchev–Trinajstić information content (AvgIpc) is 3.15. The third kappa shape index (κ3) is 4.30. The van der Waals surface area contributed by atoms with Crippen LogP contribution in [0, 0.1) is 13.8 Å². The first-order chi connectivity index (χ1) is 14.0. The molecule has 146 valence electrons. The predicted molar refractivity (Wildman–Crippen MR) is 120 cm³/mol. The number of nitrogens with zero attached hydrogens (tertiary/aromatic N) is 1. The lowest BCUT2D eigenvalue weighted by Gasteiger charge is -2.17. The number of carbonyl (C=O) groups is 1. The van der Waals surface area contributed by atoms with Crippen LogP contribution < -0.4 is 10.1 Å². The highest BCUT2D eigenvalue weighted by Crippen LogP contribution is 2.30. The number of thiazole rings is 1. The van der Waals surface area contributed by atoms with Crippen molar-refractivity contribution in [1.29, 1.82) is 0 Å². The summed E-state index contributed by atoms with van der Waals surface area (Å²) in [5, 5.41) is 3.89. The minimum absolute atomic E-state index is 0.182. The van der Waals surface area contributed by atoms with Gasteiger partial charge in [0.25, 0.3) is 5.91 Å². The second-order valence-corrected chi connectivity index (χ2v) is 8.11. The molecule has 1 unspecified atom stereocenters. The fourth-order valence-electron chi connectivity index (χ4n) is 3.01. The molecule has 29 heavy (non-hydrogen) atoms. The standard InChI is InChI=1S/C24H22N2O2S/c1-15-8-9-16(2)21(14-15)28-17(3)23(27)25-19-12-10-18(11-13-19)24-26-20-6-4-5-7-22(20)29-24/h4-14,17H,1-3H3,(H,25,27). The van der Waals surface area contributed by atoms with Gasteiger partial charge in [-0.25, -0.2) is 4.98 Å². The molecule has 0 fully saturated rings. The number of aryl methyl sites for hydroxylation is 2. The van der Waals surface area contributed by atoms with Gasteiger partial charge in [-0.1, -0.05) is 24.3 Å². The van der Waals surface area contributed by atoms with Gasteiger partial charge in [-0.15, -0.1) is 11.3 Å². The monoisotopic (exact) mass is 402 g/mol. The third-order valence-corrected chi connectivity index (χ3v) is 5.80. The Morgan fingerprint density at radius 3 is 2.55 bits per heavy atom. The van der Waals surface area contributed by atoms with Crippen molar-refractivity contribution in [1.82, 2.24) is 4.98 Å². The average molecular weight is 403 g/mol. The molecule has 1 heterocycles. The molecule has 0 aliphatic carbocycles. The number of anilines is 1. The zero-order chi connectivity index (χ0) is 20.4. The van der Waals surface area contributed by atoms with Crippen LogP contribution in [0.5, 0.6) is 5.75 Å². The first-order valence-electron chi connectivity index (χ1n) is 9.50. The van der Waals surface area contributed by atoms with Crippen molar-refractivity contribution in [3.05, 3.63) is 77.9 Å². The van der Waals surface area contributed by atoms with E-state index in [0.29, 0.717) is 0 Å². The van der Waals surface area contributed by atoms with Crippen LogP contribution >= 0.6 is 11.3 Å². The molecule has 0 radical (unpaired) electrons. The molecule has 1 aromatic heterocycles. The van der Waals surface area contributed by atoms with Crippen molar-refractivity contribution < 1.29 is 9.53 Å². The first kappa shape index (κ1) is 19.2. The van der Waals surface area contributed by atoms with Crippen LogP contribution in [-0.2, 0) is 4.79 Å². The minimum atomic E-state index is -0.598. The fourth-order valence-corrected chi connectivity index (χ4v) is 3.99. The molecule has 3 aromatic carbocycles. The number of amides is 1. The number of hydrogen-bond donors (Lipinski definition) is 1. The Morgan fingerprint density at radius 1 is 1.03 bits per heavy atom. The highest BCUT2D eigenvalue weighted by molar-refractivity contribution is 7.21. The molecule has 0 aliphatic rings. The maximum atomic E-state index is 12.5. The van der Waals surface area contributed by atoms with E-state index in [1.165, 1.54) is 0 Å². The van der Waals surface area contributed by atoms with Crippen LogP contribution in [0.2, 0.25) is 0 Å². The lowest BCUT2D eigenvalue weighted by Crippen LogP contribution is -2.30. The number of aromatic nitrogens is 1. The number of hydrogen-bond acceptors (Lipinski definition) is 4. The summed E-state index contributed by atoms with van der Waals surface area (Å²) in [5.74, 6) is 0.553. The Bertz CT molecular complexity index is 1130. The molecule has 1 amide bonds. The van der Waals surface area contributed by atoms with Gasteiger partial charge in [-0.2, -0.15) is 0 Å². The second kappa shape index (κ2) is 8.05. The summed E-state index contributed by atoms with van der Waals surface area (Å²) in [6.45, 7) is 5.73. The molecule has 4 nitrogen and oxygen atoms in total. The van der Waals surface area contributed by atoms with Gasteiger partial charge in [0, 0.05) is 11.3 Å². The molecule has 5 heteroatoms. The van der Waals surface area contributed by atoms with Crippen LogP contribution in [0.3, 0.4) is 0 Å². The summed E-state index contributed by atoms with van der Waals surface area (Å²) in [5.41, 5.74) is 4.88. The molecular weight excluding hydrogens is 380 g/mol. The number of rotatable bonds is 5. The number of benzene rings is 3. The van der Waals surface area contributed by atoms with E-state index in [9.17, 15) is 4.79 Å². The molecular formula is C24H22N2O2S. The van der Waals surface area contributed by atoms with Crippen molar-refractivity contribution in [3.63, 3.8) is 0 Å². The lowest BCUT2D eigenvalue weighted by molar-refractivity contribution is -0.122. The van der Waals surface area contributed by atoms with Crippen LogP contribution in [0.15, 0.2) is 66.7 Å². The number of nitrogens with one attached hydrogen (secondary N) is 1. The van der Waals surface area contributed by atoms with Gasteiger partial charge in [0.2, 0.25) is 0 Å². The molecule has 0 spiro atoms. The van der Waals surface area contributed by atoms with Crippen molar-refractivity contribution in [2.75, 3.05) is 5.32 Å². The highest BCUT2D eigenvalue weighted by Gasteiger charge is 2.16. The molecule has 4 rings (SSSR count). The van der Waals surface area contributed by atoms with E-state index < -0.39 is 6.10 Å². The second-order valence-electron chi connectivity index (χ2n) is 7.08. The van der Waals surface area contributed by atoms with Crippen LogP contribution in [0.4, 0.5) is 5.69 Å². The smallest absolute Gasteiger partial charge is 0.265 e. The van der Waals surface area contributed by atoms with Crippen molar-refractivity contribution in [3.8, 4) is 16.3 Å². The van der Waals surface area contributed by atoms with Gasteiger partial charge in [0.05, 0.1) is 10.2 Å². The van der Waals surface area contributed by atoms with Gasteiger partial charge in [-0.05, 0) is 74.4 Å². The lowest BCUT2D eigenvalue weighted by atomic mass is 10.1. The topological polar surface area (TPSA) is 51.2 Å². The van der Waals surface area contributed by atoms with E-state index in [4.69, 9.17) is 4.74 Å². The third-order valence-electron chi connectivity index (χ3n) is 4.71. The number of ether oxygens (including phenoxy) is 1. The van der Waals surface area contributed by atoms with Crippen LogP contribution in [0.25, 0.3) is 20.8 Å². The predicted octanol–water partition coefficient (Wildman–Crippen LogP) is 5.99. The Labute approximate surface area is 174 Å². The first-order valence-corrected chi connectivity index (χ1v) is 10.3. The molecule has 4 aromatic rings. The Hall–Kier alpha value is -3.18. The van der Waals surface area contributed by atoms with Gasteiger partial charge in [0.15, 0.2) is 6.10 Å². The van der Waals surface area contributed by atoms with E-state index in [0.717, 1.165) is 43.4 Å². The number of carbonyl (C=O) groups excluding carboxylic acids is 1. The normalized spacial score (nSPS) is 12.0. The maximum Gasteiger partial charge on any atom is 0.265 e. The fraction of sp³-hybridized carbons (Fsp3) is 0.167. The Kier molecular flexibility index (Phi) is 5.32. The Balaban J connectivity index is 1.43. The molecule has 0 saturated heterocycles. The van der Waals surface area contributed by atoms with E-state index in [2.05, 4.69) is 16.4 Å².